The number of nitrogen functional groups attached to an aromatic ring is 1. The van der Waals surface area contributed by atoms with Crippen LogP contribution in [0.1, 0.15) is 84.1 Å². The number of anilines is 2. The number of aliphatic carboxylic acids is 1. The van der Waals surface area contributed by atoms with Gasteiger partial charge >= 0.3 is 18.1 Å². The van der Waals surface area contributed by atoms with Crippen LogP contribution < -0.4 is 20.7 Å². The molecule has 294 valence electrons. The maximum absolute atomic E-state index is 17.0. The lowest BCUT2D eigenvalue weighted by atomic mass is 9.93. The molecule has 3 saturated heterocycles. The number of ether oxygens (including phenoxy) is 2. The second-order valence-electron chi connectivity index (χ2n) is 15.9. The summed E-state index contributed by atoms with van der Waals surface area (Å²) in [4.78, 5) is 37.0. The first-order valence-corrected chi connectivity index (χ1v) is 19.2. The molecule has 54 heavy (non-hydrogen) atoms. The lowest BCUT2D eigenvalue weighted by Crippen LogP contribution is -2.43. The molecule has 6 rings (SSSR count). The Morgan fingerprint density at radius 2 is 1.91 bits per heavy atom. The number of carbonyl (C=O) groups is 2. The molecule has 0 saturated carbocycles. The second kappa shape index (κ2) is 16.4. The van der Waals surface area contributed by atoms with Crippen LogP contribution >= 0.6 is 11.6 Å². The highest BCUT2D eigenvalue weighted by molar-refractivity contribution is 6.32. The molecule has 0 radical (unpaired) electrons. The highest BCUT2D eigenvalue weighted by atomic mass is 35.5. The van der Waals surface area contributed by atoms with Crippen LogP contribution in [0, 0.1) is 17.6 Å². The number of alkyl carbamates (subject to hydrolysis) is 1. The number of halogens is 4. The van der Waals surface area contributed by atoms with Crippen LogP contribution in [0.5, 0.6) is 6.01 Å². The fourth-order valence-electron chi connectivity index (χ4n) is 8.22. The predicted octanol–water partition coefficient (Wildman–Crippen LogP) is 7.69. The standard InChI is InChI=1S/C39H50ClF3N6O5/c1-38(2,3)54-37(52)45-15-13-23-8-6-16-48(20-23)35-27-12-11-26(28-18-29(44)33(43)31(40)25(28)9-4-5-10-30(50)51)32(42)34(27)46-36(47-35)53-22-39-14-7-17-49(39)21-24(41)19-39/h11-12,18,23-24H,4-10,13-17,19-22,44H2,1-3H3,(H,45,52)(H,50,51)/t23?,24-,39+/m1/s1. The number of carbonyl (C=O) groups excluding carboxylic acids is 1. The maximum atomic E-state index is 17.0. The first-order valence-electron chi connectivity index (χ1n) is 18.9. The lowest BCUT2D eigenvalue weighted by Gasteiger charge is -2.35. The minimum absolute atomic E-state index is 0.00682. The minimum atomic E-state index is -0.953. The number of benzene rings is 2. The highest BCUT2D eigenvalue weighted by Gasteiger charge is 2.49. The van der Waals surface area contributed by atoms with Gasteiger partial charge in [-0.3, -0.25) is 9.69 Å². The summed E-state index contributed by atoms with van der Waals surface area (Å²) in [6, 6.07) is 4.62. The summed E-state index contributed by atoms with van der Waals surface area (Å²) >= 11 is 6.46. The Morgan fingerprint density at radius 1 is 1.11 bits per heavy atom. The molecule has 1 aromatic heterocycles. The van der Waals surface area contributed by atoms with Gasteiger partial charge < -0.3 is 30.5 Å². The summed E-state index contributed by atoms with van der Waals surface area (Å²) in [7, 11) is 0. The van der Waals surface area contributed by atoms with Gasteiger partial charge in [-0.2, -0.15) is 9.97 Å². The molecule has 3 aliphatic heterocycles. The summed E-state index contributed by atoms with van der Waals surface area (Å²) < 4.78 is 58.3. The Hall–Kier alpha value is -4.04. The number of hydrogen-bond donors (Lipinski definition) is 3. The van der Waals surface area contributed by atoms with Crippen LogP contribution in [0.4, 0.5) is 29.5 Å². The SMILES string of the molecule is CC(C)(C)OC(=O)NCCC1CCCN(c2nc(OC[C@@]34CCCN3C[C@H](F)C4)nc3c(F)c(-c4cc(N)c(F)c(Cl)c4CCCCC(=O)O)ccc23)C1. The predicted molar refractivity (Wildman–Crippen MR) is 202 cm³/mol. The third kappa shape index (κ3) is 8.91. The molecule has 0 spiro atoms. The zero-order valence-corrected chi connectivity index (χ0v) is 31.9. The van der Waals surface area contributed by atoms with E-state index in [1.54, 1.807) is 12.1 Å². The zero-order valence-electron chi connectivity index (χ0n) is 31.2. The number of carboxylic acid groups (broad SMARTS) is 1. The number of hydrogen-bond acceptors (Lipinski definition) is 9. The van der Waals surface area contributed by atoms with Gasteiger partial charge in [-0.05, 0) is 108 Å². The van der Waals surface area contributed by atoms with Crippen molar-refractivity contribution in [3.8, 4) is 17.1 Å². The molecular formula is C39H50ClF3N6O5. The molecule has 15 heteroatoms. The van der Waals surface area contributed by atoms with Crippen LogP contribution in [-0.2, 0) is 16.0 Å². The average molecular weight is 775 g/mol. The molecule has 2 aromatic carbocycles. The van der Waals surface area contributed by atoms with E-state index in [1.165, 1.54) is 6.07 Å². The molecule has 3 fully saturated rings. The fourth-order valence-corrected chi connectivity index (χ4v) is 8.52. The Morgan fingerprint density at radius 3 is 2.67 bits per heavy atom. The van der Waals surface area contributed by atoms with Gasteiger partial charge in [0.2, 0.25) is 0 Å². The Kier molecular flexibility index (Phi) is 12.0. The number of fused-ring (bicyclic) bond motifs is 2. The van der Waals surface area contributed by atoms with Crippen molar-refractivity contribution in [2.45, 2.75) is 102 Å². The Bertz CT molecular complexity index is 1880. The Labute approximate surface area is 318 Å². The van der Waals surface area contributed by atoms with Crippen molar-refractivity contribution in [2.75, 3.05) is 50.0 Å². The maximum Gasteiger partial charge on any atom is 0.407 e. The van der Waals surface area contributed by atoms with Crippen molar-refractivity contribution in [2.24, 2.45) is 5.92 Å². The van der Waals surface area contributed by atoms with Gasteiger partial charge in [0.15, 0.2) is 11.6 Å². The molecule has 1 amide bonds. The number of nitrogens with one attached hydrogen (secondary N) is 1. The summed E-state index contributed by atoms with van der Waals surface area (Å²) in [5, 5.41) is 12.1. The van der Waals surface area contributed by atoms with Gasteiger partial charge in [0.25, 0.3) is 0 Å². The number of unbranched alkanes of at least 4 members (excludes halogenated alkanes) is 1. The van der Waals surface area contributed by atoms with Crippen molar-refractivity contribution in [3.63, 3.8) is 0 Å². The quantitative estimate of drug-likeness (QED) is 0.117. The summed E-state index contributed by atoms with van der Waals surface area (Å²) in [6.45, 7) is 8.40. The van der Waals surface area contributed by atoms with Crippen molar-refractivity contribution in [1.82, 2.24) is 20.2 Å². The minimum Gasteiger partial charge on any atom is -0.481 e. The third-order valence-electron chi connectivity index (χ3n) is 10.7. The normalized spacial score (nSPS) is 21.7. The van der Waals surface area contributed by atoms with E-state index in [0.717, 1.165) is 32.2 Å². The van der Waals surface area contributed by atoms with E-state index in [1.807, 2.05) is 20.8 Å². The van der Waals surface area contributed by atoms with E-state index in [-0.39, 0.29) is 58.7 Å². The van der Waals surface area contributed by atoms with Crippen molar-refractivity contribution in [3.05, 3.63) is 40.4 Å². The molecule has 4 N–H and O–H groups in total. The summed E-state index contributed by atoms with van der Waals surface area (Å²) in [5.74, 6) is -1.78. The van der Waals surface area contributed by atoms with Crippen molar-refractivity contribution in [1.29, 1.82) is 0 Å². The first kappa shape index (κ1) is 39.6. The number of carboxylic acids is 1. The zero-order chi connectivity index (χ0) is 38.8. The number of nitrogens with two attached hydrogens (primary N) is 1. The van der Waals surface area contributed by atoms with E-state index in [9.17, 15) is 18.4 Å². The van der Waals surface area contributed by atoms with Crippen LogP contribution in [-0.4, -0.2) is 88.7 Å². The number of alkyl halides is 1. The van der Waals surface area contributed by atoms with Crippen molar-refractivity contribution >= 4 is 46.1 Å². The topological polar surface area (TPSA) is 143 Å². The largest absolute Gasteiger partial charge is 0.481 e. The monoisotopic (exact) mass is 774 g/mol. The van der Waals surface area contributed by atoms with Crippen LogP contribution in [0.2, 0.25) is 5.02 Å². The molecule has 11 nitrogen and oxygen atoms in total. The average Bonchev–Trinajstić information content (AvgIpc) is 3.64. The molecule has 3 atom stereocenters. The van der Waals surface area contributed by atoms with Gasteiger partial charge in [-0.15, -0.1) is 0 Å². The number of aromatic nitrogens is 2. The van der Waals surface area contributed by atoms with E-state index in [4.69, 9.17) is 36.9 Å². The van der Waals surface area contributed by atoms with Crippen molar-refractivity contribution < 1.29 is 37.3 Å². The molecule has 3 aromatic rings. The first-order chi connectivity index (χ1) is 25.6. The molecule has 1 unspecified atom stereocenters. The fraction of sp³-hybridized carbons (Fsp3) is 0.590. The van der Waals surface area contributed by atoms with E-state index >= 15 is 4.39 Å². The molecule has 4 heterocycles. The summed E-state index contributed by atoms with van der Waals surface area (Å²) in [6.07, 6.45) is 3.93. The smallest absolute Gasteiger partial charge is 0.407 e. The van der Waals surface area contributed by atoms with Gasteiger partial charge in [0.1, 0.15) is 29.7 Å². The molecule has 3 aliphatic rings. The third-order valence-corrected chi connectivity index (χ3v) is 11.1. The van der Waals surface area contributed by atoms with Gasteiger partial charge in [-0.1, -0.05) is 17.7 Å². The van der Waals surface area contributed by atoms with E-state index in [0.29, 0.717) is 68.6 Å². The van der Waals surface area contributed by atoms with E-state index in [2.05, 4.69) is 20.1 Å². The van der Waals surface area contributed by atoms with Gasteiger partial charge in [0, 0.05) is 50.0 Å². The number of nitrogens with zero attached hydrogens (tertiary/aromatic N) is 4. The van der Waals surface area contributed by atoms with Crippen LogP contribution in [0.3, 0.4) is 0 Å². The van der Waals surface area contributed by atoms with Gasteiger partial charge in [0.05, 0.1) is 16.2 Å². The second-order valence-corrected chi connectivity index (χ2v) is 16.3. The lowest BCUT2D eigenvalue weighted by molar-refractivity contribution is -0.137. The van der Waals surface area contributed by atoms with Crippen LogP contribution in [0.15, 0.2) is 18.2 Å². The molecule has 0 bridgehead atoms. The number of piperidine rings is 1. The highest BCUT2D eigenvalue weighted by Crippen LogP contribution is 2.42. The number of amides is 1. The van der Waals surface area contributed by atoms with E-state index < -0.39 is 41.0 Å². The Balaban J connectivity index is 1.34. The summed E-state index contributed by atoms with van der Waals surface area (Å²) in [5.41, 5.74) is 5.36. The van der Waals surface area contributed by atoms with Gasteiger partial charge in [-0.25, -0.2) is 18.0 Å². The number of rotatable bonds is 13. The molecule has 0 aliphatic carbocycles. The molecular weight excluding hydrogens is 725 g/mol. The van der Waals surface area contributed by atoms with Crippen LogP contribution in [0.25, 0.3) is 22.0 Å².